The molecule has 0 spiro atoms. The molecule has 0 saturated carbocycles. The van der Waals surface area contributed by atoms with Crippen LogP contribution in [0.15, 0.2) is 42.5 Å². The summed E-state index contributed by atoms with van der Waals surface area (Å²) in [6.07, 6.45) is 0.773. The second-order valence-corrected chi connectivity index (χ2v) is 11.4. The van der Waals surface area contributed by atoms with Crippen molar-refractivity contribution in [2.45, 2.75) is 32.7 Å². The molecule has 3 aromatic rings. The van der Waals surface area contributed by atoms with E-state index in [1.165, 1.54) is 0 Å². The molecule has 2 bridgehead atoms. The minimum atomic E-state index is -0.465. The molecule has 11 heteroatoms. The zero-order chi connectivity index (χ0) is 30.1. The van der Waals surface area contributed by atoms with Crippen LogP contribution in [0.25, 0.3) is 0 Å². The van der Waals surface area contributed by atoms with Crippen LogP contribution in [0.1, 0.15) is 38.8 Å². The summed E-state index contributed by atoms with van der Waals surface area (Å²) in [5.74, 6) is 0.844. The second-order valence-electron chi connectivity index (χ2n) is 11.4. The van der Waals surface area contributed by atoms with Crippen LogP contribution >= 0.6 is 0 Å². The number of benzene rings is 2. The van der Waals surface area contributed by atoms with Gasteiger partial charge in [0.15, 0.2) is 11.5 Å². The molecule has 4 heterocycles. The number of carbonyl (C=O) groups excluding carboxylic acids is 3. The maximum absolute atomic E-state index is 13.6. The maximum atomic E-state index is 13.6. The number of nitrogens with one attached hydrogen (secondary N) is 1. The number of carbonyl (C=O) groups is 3. The van der Waals surface area contributed by atoms with Crippen molar-refractivity contribution in [2.75, 3.05) is 53.0 Å². The van der Waals surface area contributed by atoms with E-state index in [-0.39, 0.29) is 49.9 Å². The van der Waals surface area contributed by atoms with Gasteiger partial charge >= 0.3 is 0 Å². The molecular formula is C32H37N5O6. The molecule has 1 N–H and O–H groups in total. The number of likely N-dealkylation sites (tertiary alicyclic amines) is 1. The molecule has 3 amide bonds. The molecule has 0 unspecified atom stereocenters. The maximum Gasteiger partial charge on any atom is 0.254 e. The third kappa shape index (κ3) is 5.89. The average molecular weight is 588 g/mol. The van der Waals surface area contributed by atoms with Crippen LogP contribution in [0.2, 0.25) is 0 Å². The summed E-state index contributed by atoms with van der Waals surface area (Å²) >= 11 is 0. The molecule has 1 aromatic heterocycles. The number of hydrogen-bond donors (Lipinski definition) is 1. The molecule has 226 valence electrons. The van der Waals surface area contributed by atoms with Crippen LogP contribution < -0.4 is 19.5 Å². The van der Waals surface area contributed by atoms with Gasteiger partial charge in [-0.3, -0.25) is 19.1 Å². The minimum Gasteiger partial charge on any atom is -0.493 e. The third-order valence-corrected chi connectivity index (χ3v) is 8.54. The summed E-state index contributed by atoms with van der Waals surface area (Å²) < 4.78 is 19.0. The summed E-state index contributed by atoms with van der Waals surface area (Å²) in [5.41, 5.74) is 4.26. The molecule has 1 saturated heterocycles. The van der Waals surface area contributed by atoms with E-state index >= 15 is 0 Å². The van der Waals surface area contributed by atoms with Gasteiger partial charge in [-0.1, -0.05) is 6.07 Å². The summed E-state index contributed by atoms with van der Waals surface area (Å²) in [4.78, 5) is 44.0. The lowest BCUT2D eigenvalue weighted by Gasteiger charge is -2.24. The van der Waals surface area contributed by atoms with Crippen molar-refractivity contribution in [2.24, 2.45) is 5.92 Å². The van der Waals surface area contributed by atoms with Crippen LogP contribution in [0.5, 0.6) is 17.2 Å². The van der Waals surface area contributed by atoms with Gasteiger partial charge in [0.05, 0.1) is 31.9 Å². The topological polar surface area (TPSA) is 115 Å². The molecule has 11 nitrogen and oxygen atoms in total. The van der Waals surface area contributed by atoms with E-state index in [4.69, 9.17) is 14.2 Å². The van der Waals surface area contributed by atoms with Gasteiger partial charge < -0.3 is 29.3 Å². The van der Waals surface area contributed by atoms with Crippen molar-refractivity contribution in [3.05, 3.63) is 70.5 Å². The molecule has 0 radical (unpaired) electrons. The second kappa shape index (κ2) is 12.0. The summed E-state index contributed by atoms with van der Waals surface area (Å²) in [6, 6.07) is 13.1. The molecule has 3 aliphatic rings. The van der Waals surface area contributed by atoms with E-state index in [0.29, 0.717) is 43.3 Å². The Balaban J connectivity index is 1.24. The van der Waals surface area contributed by atoms with Crippen molar-refractivity contribution in [1.29, 1.82) is 0 Å². The first-order valence-corrected chi connectivity index (χ1v) is 14.7. The number of amides is 3. The van der Waals surface area contributed by atoms with Gasteiger partial charge in [0.1, 0.15) is 18.9 Å². The Morgan fingerprint density at radius 3 is 2.58 bits per heavy atom. The van der Waals surface area contributed by atoms with E-state index in [9.17, 15) is 14.4 Å². The highest BCUT2D eigenvalue weighted by Gasteiger charge is 2.41. The number of fused-ring (bicyclic) bond motifs is 5. The lowest BCUT2D eigenvalue weighted by molar-refractivity contribution is -0.131. The van der Waals surface area contributed by atoms with Crippen molar-refractivity contribution >= 4 is 17.7 Å². The van der Waals surface area contributed by atoms with E-state index in [1.54, 1.807) is 27.7 Å². The SMILES string of the molecule is COc1ccc2cc1OCCN(C(=O)c1ccc3c(c1)CCO3)CCNC(=O)[C@H]1CN(C(=O)Cn3nc(C)cc3C)C[C@H]21. The summed E-state index contributed by atoms with van der Waals surface area (Å²) in [7, 11) is 1.58. The van der Waals surface area contributed by atoms with E-state index in [2.05, 4.69) is 10.4 Å². The summed E-state index contributed by atoms with van der Waals surface area (Å²) in [5, 5.41) is 7.48. The van der Waals surface area contributed by atoms with Crippen molar-refractivity contribution < 1.29 is 28.6 Å². The van der Waals surface area contributed by atoms with Crippen LogP contribution in [-0.2, 0) is 22.6 Å². The Hall–Kier alpha value is -4.54. The molecule has 0 aliphatic carbocycles. The molecular weight excluding hydrogens is 550 g/mol. The van der Waals surface area contributed by atoms with Crippen LogP contribution in [0.3, 0.4) is 0 Å². The lowest BCUT2D eigenvalue weighted by Crippen LogP contribution is -2.43. The first-order valence-electron chi connectivity index (χ1n) is 14.7. The quantitative estimate of drug-likeness (QED) is 0.498. The normalized spacial score (nSPS) is 20.0. The third-order valence-electron chi connectivity index (χ3n) is 8.54. The Bertz CT molecular complexity index is 1550. The molecule has 1 fully saturated rings. The zero-order valence-corrected chi connectivity index (χ0v) is 24.8. The number of aryl methyl sites for hydroxylation is 2. The Labute approximate surface area is 250 Å². The van der Waals surface area contributed by atoms with Gasteiger partial charge in [-0.15, -0.1) is 0 Å². The van der Waals surface area contributed by atoms with Gasteiger partial charge in [-0.25, -0.2) is 0 Å². The summed E-state index contributed by atoms with van der Waals surface area (Å²) in [6.45, 7) is 6.41. The van der Waals surface area contributed by atoms with Gasteiger partial charge in [-0.05, 0) is 61.4 Å². The largest absolute Gasteiger partial charge is 0.493 e. The number of nitrogens with zero attached hydrogens (tertiary/aromatic N) is 4. The van der Waals surface area contributed by atoms with Gasteiger partial charge in [0.2, 0.25) is 11.8 Å². The molecule has 2 aromatic carbocycles. The number of methoxy groups -OCH3 is 1. The van der Waals surface area contributed by atoms with E-state index in [0.717, 1.165) is 34.7 Å². The molecule has 6 rings (SSSR count). The zero-order valence-electron chi connectivity index (χ0n) is 24.8. The average Bonchev–Trinajstić information content (AvgIpc) is 3.73. The van der Waals surface area contributed by atoms with Gasteiger partial charge in [0, 0.05) is 49.8 Å². The Morgan fingerprint density at radius 2 is 1.79 bits per heavy atom. The van der Waals surface area contributed by atoms with E-state index in [1.807, 2.05) is 50.2 Å². The predicted molar refractivity (Wildman–Crippen MR) is 158 cm³/mol. The Morgan fingerprint density at radius 1 is 0.977 bits per heavy atom. The standard InChI is InChI=1S/C32H37N5O6/c1-20-14-21(2)37(34-20)19-30(38)36-17-25-22-4-7-28(41-3)29(16-22)43-13-11-35(10-9-33-31(39)26(25)18-36)32(40)24-5-6-27-23(15-24)8-12-42-27/h4-7,14-16,25-26H,8-13,17-19H2,1-3H3,(H,33,39)/t25-,26+/m1/s1. The molecule has 3 aliphatic heterocycles. The predicted octanol–water partition coefficient (Wildman–Crippen LogP) is 2.34. The highest BCUT2D eigenvalue weighted by atomic mass is 16.5. The molecule has 2 atom stereocenters. The Kier molecular flexibility index (Phi) is 7.96. The first-order chi connectivity index (χ1) is 20.8. The number of hydrogen-bond acceptors (Lipinski definition) is 7. The number of aromatic nitrogens is 2. The fourth-order valence-electron chi connectivity index (χ4n) is 6.24. The number of rotatable bonds is 4. The monoisotopic (exact) mass is 587 g/mol. The van der Waals surface area contributed by atoms with Crippen molar-refractivity contribution in [3.63, 3.8) is 0 Å². The fraction of sp³-hybridized carbons (Fsp3) is 0.438. The van der Waals surface area contributed by atoms with Crippen LogP contribution in [-0.4, -0.2) is 90.3 Å². The van der Waals surface area contributed by atoms with E-state index < -0.39 is 5.92 Å². The highest BCUT2D eigenvalue weighted by Crippen LogP contribution is 2.38. The number of ether oxygens (including phenoxy) is 3. The highest BCUT2D eigenvalue weighted by molar-refractivity contribution is 5.94. The van der Waals surface area contributed by atoms with Crippen molar-refractivity contribution in [1.82, 2.24) is 24.9 Å². The van der Waals surface area contributed by atoms with Crippen molar-refractivity contribution in [3.8, 4) is 17.2 Å². The van der Waals surface area contributed by atoms with Crippen LogP contribution in [0, 0.1) is 19.8 Å². The first kappa shape index (κ1) is 28.6. The fourth-order valence-corrected chi connectivity index (χ4v) is 6.24. The smallest absolute Gasteiger partial charge is 0.254 e. The van der Waals surface area contributed by atoms with Gasteiger partial charge in [0.25, 0.3) is 5.91 Å². The van der Waals surface area contributed by atoms with Crippen LogP contribution in [0.4, 0.5) is 0 Å². The minimum absolute atomic E-state index is 0.0888. The van der Waals surface area contributed by atoms with Gasteiger partial charge in [-0.2, -0.15) is 5.10 Å². The lowest BCUT2D eigenvalue weighted by atomic mass is 9.88. The molecule has 43 heavy (non-hydrogen) atoms.